The number of hydrogen-bond acceptors (Lipinski definition) is 4. The van der Waals surface area contributed by atoms with E-state index in [0.717, 1.165) is 48.0 Å². The zero-order valence-electron chi connectivity index (χ0n) is 12.4. The van der Waals surface area contributed by atoms with E-state index in [4.69, 9.17) is 14.5 Å². The van der Waals surface area contributed by atoms with Gasteiger partial charge in [-0.05, 0) is 38.8 Å². The molecule has 1 atom stereocenters. The van der Waals surface area contributed by atoms with Gasteiger partial charge in [-0.25, -0.2) is 4.98 Å². The van der Waals surface area contributed by atoms with Crippen LogP contribution in [-0.2, 0) is 6.54 Å². The van der Waals surface area contributed by atoms with E-state index in [2.05, 4.69) is 22.9 Å². The average molecular weight is 287 g/mol. The van der Waals surface area contributed by atoms with Crippen molar-refractivity contribution in [3.8, 4) is 11.5 Å². The van der Waals surface area contributed by atoms with Crippen molar-refractivity contribution < 1.29 is 9.47 Å². The van der Waals surface area contributed by atoms with Crippen molar-refractivity contribution in [3.05, 3.63) is 18.0 Å². The predicted octanol–water partition coefficient (Wildman–Crippen LogP) is 2.12. The highest BCUT2D eigenvalue weighted by molar-refractivity contribution is 5.80. The SMILES string of the molecule is Cc1nc2cc3c(cc2n1CC1CCCNC1)OCCO3. The number of aromatic nitrogens is 2. The summed E-state index contributed by atoms with van der Waals surface area (Å²) in [5.41, 5.74) is 2.16. The summed E-state index contributed by atoms with van der Waals surface area (Å²) in [5, 5.41) is 3.49. The molecule has 1 N–H and O–H groups in total. The lowest BCUT2D eigenvalue weighted by Crippen LogP contribution is -2.32. The molecule has 0 spiro atoms. The summed E-state index contributed by atoms with van der Waals surface area (Å²) in [6.07, 6.45) is 2.55. The van der Waals surface area contributed by atoms with Crippen LogP contribution in [0, 0.1) is 12.8 Å². The summed E-state index contributed by atoms with van der Waals surface area (Å²) in [7, 11) is 0. The molecule has 5 nitrogen and oxygen atoms in total. The van der Waals surface area contributed by atoms with Gasteiger partial charge in [-0.1, -0.05) is 0 Å². The Balaban J connectivity index is 1.71. The van der Waals surface area contributed by atoms with Crippen LogP contribution in [0.15, 0.2) is 12.1 Å². The first-order chi connectivity index (χ1) is 10.3. The first-order valence-corrected chi connectivity index (χ1v) is 7.78. The summed E-state index contributed by atoms with van der Waals surface area (Å²) in [6.45, 7) is 6.60. The van der Waals surface area contributed by atoms with Crippen LogP contribution in [-0.4, -0.2) is 35.9 Å². The van der Waals surface area contributed by atoms with E-state index in [1.165, 1.54) is 12.8 Å². The molecule has 2 aliphatic rings. The molecule has 0 amide bonds. The molecule has 21 heavy (non-hydrogen) atoms. The molecule has 1 aromatic heterocycles. The normalized spacial score (nSPS) is 21.7. The number of piperidine rings is 1. The molecule has 0 radical (unpaired) electrons. The zero-order valence-corrected chi connectivity index (χ0v) is 12.4. The fourth-order valence-corrected chi connectivity index (χ4v) is 3.35. The van der Waals surface area contributed by atoms with Crippen molar-refractivity contribution in [3.63, 3.8) is 0 Å². The molecular weight excluding hydrogens is 266 g/mol. The van der Waals surface area contributed by atoms with Crippen LogP contribution < -0.4 is 14.8 Å². The van der Waals surface area contributed by atoms with Crippen LogP contribution in [0.25, 0.3) is 11.0 Å². The van der Waals surface area contributed by atoms with Gasteiger partial charge in [0.15, 0.2) is 11.5 Å². The molecule has 5 heteroatoms. The summed E-state index contributed by atoms with van der Waals surface area (Å²) >= 11 is 0. The van der Waals surface area contributed by atoms with E-state index in [-0.39, 0.29) is 0 Å². The minimum absolute atomic E-state index is 0.617. The topological polar surface area (TPSA) is 48.3 Å². The van der Waals surface area contributed by atoms with Crippen LogP contribution in [0.3, 0.4) is 0 Å². The Kier molecular flexibility index (Phi) is 3.22. The van der Waals surface area contributed by atoms with E-state index in [1.807, 2.05) is 6.07 Å². The summed E-state index contributed by atoms with van der Waals surface area (Å²) in [5.74, 6) is 3.41. The second-order valence-corrected chi connectivity index (χ2v) is 5.97. The minimum atomic E-state index is 0.617. The Morgan fingerprint density at radius 2 is 2.10 bits per heavy atom. The smallest absolute Gasteiger partial charge is 0.163 e. The van der Waals surface area contributed by atoms with Crippen LogP contribution in [0.1, 0.15) is 18.7 Å². The maximum Gasteiger partial charge on any atom is 0.163 e. The fourth-order valence-electron chi connectivity index (χ4n) is 3.35. The van der Waals surface area contributed by atoms with E-state index in [9.17, 15) is 0 Å². The number of imidazole rings is 1. The third-order valence-corrected chi connectivity index (χ3v) is 4.44. The monoisotopic (exact) mass is 287 g/mol. The van der Waals surface area contributed by atoms with Gasteiger partial charge in [0.05, 0.1) is 11.0 Å². The Morgan fingerprint density at radius 3 is 2.86 bits per heavy atom. The molecule has 0 saturated carbocycles. The van der Waals surface area contributed by atoms with E-state index in [0.29, 0.717) is 19.1 Å². The lowest BCUT2D eigenvalue weighted by atomic mass is 9.99. The molecule has 2 aliphatic heterocycles. The third-order valence-electron chi connectivity index (χ3n) is 4.44. The maximum atomic E-state index is 5.71. The van der Waals surface area contributed by atoms with Crippen LogP contribution in [0.2, 0.25) is 0 Å². The van der Waals surface area contributed by atoms with Crippen LogP contribution in [0.4, 0.5) is 0 Å². The van der Waals surface area contributed by atoms with Crippen molar-refractivity contribution in [1.82, 2.24) is 14.9 Å². The molecule has 112 valence electrons. The first-order valence-electron chi connectivity index (χ1n) is 7.78. The Hall–Kier alpha value is -1.75. The van der Waals surface area contributed by atoms with Gasteiger partial charge in [-0.2, -0.15) is 0 Å². The molecule has 2 aromatic rings. The fraction of sp³-hybridized carbons (Fsp3) is 0.562. The number of fused-ring (bicyclic) bond motifs is 2. The summed E-state index contributed by atoms with van der Waals surface area (Å²) in [4.78, 5) is 4.69. The van der Waals surface area contributed by atoms with Gasteiger partial charge in [0.25, 0.3) is 0 Å². The van der Waals surface area contributed by atoms with Crippen molar-refractivity contribution >= 4 is 11.0 Å². The van der Waals surface area contributed by atoms with Gasteiger partial charge in [0.2, 0.25) is 0 Å². The van der Waals surface area contributed by atoms with Gasteiger partial charge in [-0.3, -0.25) is 0 Å². The van der Waals surface area contributed by atoms with Crippen molar-refractivity contribution in [2.45, 2.75) is 26.3 Å². The minimum Gasteiger partial charge on any atom is -0.486 e. The highest BCUT2D eigenvalue weighted by Gasteiger charge is 2.19. The Labute approximate surface area is 124 Å². The van der Waals surface area contributed by atoms with Gasteiger partial charge in [0, 0.05) is 18.7 Å². The summed E-state index contributed by atoms with van der Waals surface area (Å²) in [6, 6.07) is 4.09. The molecular formula is C16H21N3O2. The molecule has 3 heterocycles. The number of aryl methyl sites for hydroxylation is 1. The molecule has 1 aromatic carbocycles. The largest absolute Gasteiger partial charge is 0.486 e. The van der Waals surface area contributed by atoms with E-state index in [1.54, 1.807) is 0 Å². The third kappa shape index (κ3) is 2.35. The van der Waals surface area contributed by atoms with Crippen LogP contribution >= 0.6 is 0 Å². The second kappa shape index (κ2) is 5.22. The number of nitrogens with zero attached hydrogens (tertiary/aromatic N) is 2. The van der Waals surface area contributed by atoms with E-state index < -0.39 is 0 Å². The van der Waals surface area contributed by atoms with Crippen molar-refractivity contribution in [2.24, 2.45) is 5.92 Å². The lowest BCUT2D eigenvalue weighted by Gasteiger charge is -2.24. The zero-order chi connectivity index (χ0) is 14.2. The van der Waals surface area contributed by atoms with Crippen LogP contribution in [0.5, 0.6) is 11.5 Å². The quantitative estimate of drug-likeness (QED) is 0.919. The molecule has 1 unspecified atom stereocenters. The number of hydrogen-bond donors (Lipinski definition) is 1. The molecule has 0 bridgehead atoms. The van der Waals surface area contributed by atoms with Gasteiger partial charge in [0.1, 0.15) is 19.0 Å². The lowest BCUT2D eigenvalue weighted by molar-refractivity contribution is 0.172. The molecule has 1 fully saturated rings. The molecule has 1 saturated heterocycles. The van der Waals surface area contributed by atoms with Crippen molar-refractivity contribution in [1.29, 1.82) is 0 Å². The van der Waals surface area contributed by atoms with Gasteiger partial charge < -0.3 is 19.4 Å². The number of ether oxygens (including phenoxy) is 2. The first kappa shape index (κ1) is 13.0. The second-order valence-electron chi connectivity index (χ2n) is 5.97. The highest BCUT2D eigenvalue weighted by Crippen LogP contribution is 2.35. The van der Waals surface area contributed by atoms with E-state index >= 15 is 0 Å². The molecule has 4 rings (SSSR count). The number of nitrogens with one attached hydrogen (secondary N) is 1. The Bertz CT molecular complexity index is 659. The van der Waals surface area contributed by atoms with Gasteiger partial charge >= 0.3 is 0 Å². The van der Waals surface area contributed by atoms with Crippen molar-refractivity contribution in [2.75, 3.05) is 26.3 Å². The van der Waals surface area contributed by atoms with Gasteiger partial charge in [-0.15, -0.1) is 0 Å². The highest BCUT2D eigenvalue weighted by atomic mass is 16.6. The summed E-state index contributed by atoms with van der Waals surface area (Å²) < 4.78 is 13.7. The number of rotatable bonds is 2. The maximum absolute atomic E-state index is 5.71. The Morgan fingerprint density at radius 1 is 1.29 bits per heavy atom. The standard InChI is InChI=1S/C16H21N3O2/c1-11-18-13-7-15-16(21-6-5-20-15)8-14(13)19(11)10-12-3-2-4-17-9-12/h7-8,12,17H,2-6,9-10H2,1H3. The predicted molar refractivity (Wildman–Crippen MR) is 81.1 cm³/mol. The number of benzene rings is 1. The molecule has 0 aliphatic carbocycles. The average Bonchev–Trinajstić information content (AvgIpc) is 2.81.